The van der Waals surface area contributed by atoms with Crippen LogP contribution in [0.5, 0.6) is 0 Å². The smallest absolute Gasteiger partial charge is 0.0727 e. The summed E-state index contributed by atoms with van der Waals surface area (Å²) in [6, 6.07) is 2.29. The first kappa shape index (κ1) is 14.0. The van der Waals surface area contributed by atoms with Crippen LogP contribution in [0.15, 0.2) is 6.07 Å². The highest BCUT2D eigenvalue weighted by molar-refractivity contribution is 7.12. The highest BCUT2D eigenvalue weighted by Gasteiger charge is 2.13. The molecule has 1 N–H and O–H groups in total. The van der Waals surface area contributed by atoms with Crippen molar-refractivity contribution >= 4 is 11.3 Å². The minimum absolute atomic E-state index is 0.794. The molecule has 2 rings (SSSR count). The topological polar surface area (TPSA) is 21.3 Å². The molecule has 0 amide bonds. The molecule has 1 heterocycles. The Morgan fingerprint density at radius 3 is 2.83 bits per heavy atom. The van der Waals surface area contributed by atoms with Crippen LogP contribution in [0.2, 0.25) is 0 Å². The summed E-state index contributed by atoms with van der Waals surface area (Å²) in [5.41, 5.74) is 1.38. The molecule has 0 aromatic carbocycles. The molecule has 1 aromatic heterocycles. The van der Waals surface area contributed by atoms with Gasteiger partial charge in [0.1, 0.15) is 0 Å². The Kier molecular flexibility index (Phi) is 5.67. The van der Waals surface area contributed by atoms with Gasteiger partial charge in [0, 0.05) is 22.9 Å². The number of hydrogen-bond donors (Lipinski definition) is 1. The average molecular weight is 267 g/mol. The quantitative estimate of drug-likeness (QED) is 0.844. The molecule has 0 spiro atoms. The molecule has 0 saturated heterocycles. The number of ether oxygens (including phenoxy) is 1. The van der Waals surface area contributed by atoms with Crippen LogP contribution in [-0.2, 0) is 17.9 Å². The van der Waals surface area contributed by atoms with E-state index in [0.29, 0.717) is 0 Å². The highest BCUT2D eigenvalue weighted by atomic mass is 32.1. The Hall–Kier alpha value is -0.380. The van der Waals surface area contributed by atoms with E-state index in [2.05, 4.69) is 18.3 Å². The third-order valence-electron chi connectivity index (χ3n) is 3.76. The molecular formula is C15H25NOS. The normalized spacial score (nSPS) is 17.2. The lowest BCUT2D eigenvalue weighted by Gasteiger charge is -2.21. The Bertz CT molecular complexity index is 355. The van der Waals surface area contributed by atoms with E-state index in [4.69, 9.17) is 4.74 Å². The molecule has 2 nitrogen and oxygen atoms in total. The lowest BCUT2D eigenvalue weighted by Crippen LogP contribution is -2.13. The monoisotopic (exact) mass is 267 g/mol. The van der Waals surface area contributed by atoms with E-state index in [1.807, 2.05) is 18.4 Å². The molecule has 0 bridgehead atoms. The van der Waals surface area contributed by atoms with Gasteiger partial charge in [-0.2, -0.15) is 0 Å². The van der Waals surface area contributed by atoms with Crippen LogP contribution in [0, 0.1) is 12.8 Å². The standard InChI is InChI=1S/C15H25NOS/c1-12-14(8-15(18-12)9-16-2)11-17-10-13-6-4-3-5-7-13/h8,13,16H,3-7,9-11H2,1-2H3. The summed E-state index contributed by atoms with van der Waals surface area (Å²) in [5, 5.41) is 3.20. The van der Waals surface area contributed by atoms with Gasteiger partial charge in [-0.1, -0.05) is 19.3 Å². The van der Waals surface area contributed by atoms with Crippen LogP contribution in [-0.4, -0.2) is 13.7 Å². The fourth-order valence-electron chi connectivity index (χ4n) is 2.68. The van der Waals surface area contributed by atoms with E-state index in [9.17, 15) is 0 Å². The molecule has 0 aliphatic heterocycles. The summed E-state index contributed by atoms with van der Waals surface area (Å²) in [4.78, 5) is 2.81. The van der Waals surface area contributed by atoms with Crippen molar-refractivity contribution in [1.29, 1.82) is 0 Å². The predicted molar refractivity (Wildman–Crippen MR) is 78.1 cm³/mol. The van der Waals surface area contributed by atoms with Crippen LogP contribution < -0.4 is 5.32 Å². The first-order valence-electron chi connectivity index (χ1n) is 7.10. The van der Waals surface area contributed by atoms with Gasteiger partial charge in [0.15, 0.2) is 0 Å². The van der Waals surface area contributed by atoms with E-state index in [0.717, 1.165) is 25.7 Å². The Labute approximate surface area is 115 Å². The van der Waals surface area contributed by atoms with Crippen LogP contribution in [0.25, 0.3) is 0 Å². The first-order valence-corrected chi connectivity index (χ1v) is 7.91. The lowest BCUT2D eigenvalue weighted by atomic mass is 9.90. The largest absolute Gasteiger partial charge is 0.376 e. The van der Waals surface area contributed by atoms with E-state index >= 15 is 0 Å². The van der Waals surface area contributed by atoms with E-state index in [1.54, 1.807) is 0 Å². The summed E-state index contributed by atoms with van der Waals surface area (Å²) in [5.74, 6) is 0.814. The second-order valence-corrected chi connectivity index (χ2v) is 6.68. The van der Waals surface area contributed by atoms with Crippen LogP contribution in [0.1, 0.15) is 47.4 Å². The molecule has 18 heavy (non-hydrogen) atoms. The van der Waals surface area contributed by atoms with Gasteiger partial charge in [-0.15, -0.1) is 11.3 Å². The zero-order valence-corrected chi connectivity index (χ0v) is 12.4. The molecule has 1 saturated carbocycles. The molecule has 0 atom stereocenters. The second kappa shape index (κ2) is 7.27. The summed E-state index contributed by atoms with van der Waals surface area (Å²) in [7, 11) is 1.99. The van der Waals surface area contributed by atoms with E-state index in [-0.39, 0.29) is 0 Å². The SMILES string of the molecule is CNCc1cc(COCC2CCCCC2)c(C)s1. The van der Waals surface area contributed by atoms with Gasteiger partial charge in [0.2, 0.25) is 0 Å². The highest BCUT2D eigenvalue weighted by Crippen LogP contribution is 2.25. The third-order valence-corrected chi connectivity index (χ3v) is 4.85. The number of thiophene rings is 1. The van der Waals surface area contributed by atoms with Gasteiger partial charge in [-0.05, 0) is 44.4 Å². The van der Waals surface area contributed by atoms with Crippen molar-refractivity contribution in [2.24, 2.45) is 5.92 Å². The molecular weight excluding hydrogens is 242 g/mol. The summed E-state index contributed by atoms with van der Waals surface area (Å²) >= 11 is 1.88. The van der Waals surface area contributed by atoms with E-state index in [1.165, 1.54) is 47.4 Å². The van der Waals surface area contributed by atoms with Crippen molar-refractivity contribution in [2.45, 2.75) is 52.2 Å². The molecule has 1 aromatic rings. The molecule has 1 aliphatic carbocycles. The van der Waals surface area contributed by atoms with Gasteiger partial charge in [-0.3, -0.25) is 0 Å². The maximum atomic E-state index is 5.92. The van der Waals surface area contributed by atoms with Crippen molar-refractivity contribution < 1.29 is 4.74 Å². The number of rotatable bonds is 6. The Balaban J connectivity index is 1.75. The van der Waals surface area contributed by atoms with Crippen molar-refractivity contribution in [3.8, 4) is 0 Å². The summed E-state index contributed by atoms with van der Waals surface area (Å²) in [6.07, 6.45) is 6.96. The predicted octanol–water partition coefficient (Wildman–Crippen LogP) is 3.87. The molecule has 0 unspecified atom stereocenters. The zero-order valence-electron chi connectivity index (χ0n) is 11.6. The number of nitrogens with one attached hydrogen (secondary N) is 1. The van der Waals surface area contributed by atoms with Gasteiger partial charge < -0.3 is 10.1 Å². The fourth-order valence-corrected chi connectivity index (χ4v) is 3.74. The molecule has 102 valence electrons. The maximum absolute atomic E-state index is 5.92. The lowest BCUT2D eigenvalue weighted by molar-refractivity contribution is 0.0738. The molecule has 3 heteroatoms. The van der Waals surface area contributed by atoms with Crippen molar-refractivity contribution in [1.82, 2.24) is 5.32 Å². The fraction of sp³-hybridized carbons (Fsp3) is 0.733. The van der Waals surface area contributed by atoms with Gasteiger partial charge in [0.25, 0.3) is 0 Å². The van der Waals surface area contributed by atoms with Crippen molar-refractivity contribution in [2.75, 3.05) is 13.7 Å². The molecule has 0 radical (unpaired) electrons. The second-order valence-electron chi connectivity index (χ2n) is 5.34. The minimum atomic E-state index is 0.794. The Morgan fingerprint density at radius 1 is 1.33 bits per heavy atom. The van der Waals surface area contributed by atoms with Crippen LogP contribution >= 0.6 is 11.3 Å². The Morgan fingerprint density at radius 2 is 2.11 bits per heavy atom. The molecule has 1 aliphatic rings. The zero-order chi connectivity index (χ0) is 12.8. The summed E-state index contributed by atoms with van der Waals surface area (Å²) < 4.78 is 5.92. The minimum Gasteiger partial charge on any atom is -0.376 e. The van der Waals surface area contributed by atoms with Crippen molar-refractivity contribution in [3.63, 3.8) is 0 Å². The first-order chi connectivity index (χ1) is 8.79. The van der Waals surface area contributed by atoms with Gasteiger partial charge in [0.05, 0.1) is 6.61 Å². The van der Waals surface area contributed by atoms with Gasteiger partial charge in [-0.25, -0.2) is 0 Å². The number of aryl methyl sites for hydroxylation is 1. The van der Waals surface area contributed by atoms with Crippen LogP contribution in [0.4, 0.5) is 0 Å². The van der Waals surface area contributed by atoms with Gasteiger partial charge >= 0.3 is 0 Å². The average Bonchev–Trinajstić information content (AvgIpc) is 2.72. The van der Waals surface area contributed by atoms with Crippen LogP contribution in [0.3, 0.4) is 0 Å². The van der Waals surface area contributed by atoms with Crippen molar-refractivity contribution in [3.05, 3.63) is 21.4 Å². The maximum Gasteiger partial charge on any atom is 0.0727 e. The number of hydrogen-bond acceptors (Lipinski definition) is 3. The summed E-state index contributed by atoms with van der Waals surface area (Å²) in [6.45, 7) is 4.91. The third kappa shape index (κ3) is 4.08. The van der Waals surface area contributed by atoms with E-state index < -0.39 is 0 Å². The molecule has 1 fully saturated rings.